The second-order valence-electron chi connectivity index (χ2n) is 3.76. The lowest BCUT2D eigenvalue weighted by Gasteiger charge is -2.01. The first kappa shape index (κ1) is 11.0. The van der Waals surface area contributed by atoms with Crippen molar-refractivity contribution in [2.45, 2.75) is 43.9 Å². The van der Waals surface area contributed by atoms with Crippen molar-refractivity contribution in [3.8, 4) is 0 Å². The van der Waals surface area contributed by atoms with Crippen molar-refractivity contribution in [3.05, 3.63) is 5.89 Å². The summed E-state index contributed by atoms with van der Waals surface area (Å²) in [6.45, 7) is 3.24. The topological polar surface area (TPSA) is 51.0 Å². The molecule has 0 bridgehead atoms. The van der Waals surface area contributed by atoms with E-state index < -0.39 is 0 Å². The van der Waals surface area contributed by atoms with Crippen molar-refractivity contribution < 1.29 is 4.42 Å². The third-order valence-corrected chi connectivity index (χ3v) is 3.41. The Morgan fingerprint density at radius 2 is 2.47 bits per heavy atom. The van der Waals surface area contributed by atoms with Gasteiger partial charge in [-0.2, -0.15) is 0 Å². The molecule has 1 aromatic heterocycles. The van der Waals surface area contributed by atoms with Crippen LogP contribution in [0.25, 0.3) is 0 Å². The molecule has 5 heteroatoms. The number of hydrogen-bond acceptors (Lipinski definition) is 5. The summed E-state index contributed by atoms with van der Waals surface area (Å²) < 4.78 is 5.59. The van der Waals surface area contributed by atoms with Crippen LogP contribution in [-0.4, -0.2) is 22.5 Å². The molecule has 1 aliphatic rings. The van der Waals surface area contributed by atoms with Gasteiger partial charge in [-0.25, -0.2) is 0 Å². The summed E-state index contributed by atoms with van der Waals surface area (Å²) in [4.78, 5) is 0. The molecule has 0 amide bonds. The minimum absolute atomic E-state index is 0.290. The van der Waals surface area contributed by atoms with Gasteiger partial charge in [0.1, 0.15) is 0 Å². The first-order valence-electron chi connectivity index (χ1n) is 5.59. The van der Waals surface area contributed by atoms with Gasteiger partial charge >= 0.3 is 0 Å². The van der Waals surface area contributed by atoms with Crippen LogP contribution in [0.4, 0.5) is 0 Å². The second kappa shape index (κ2) is 5.51. The summed E-state index contributed by atoms with van der Waals surface area (Å²) >= 11 is 1.66. The van der Waals surface area contributed by atoms with Crippen LogP contribution in [-0.2, 0) is 0 Å². The highest BCUT2D eigenvalue weighted by Crippen LogP contribution is 2.25. The van der Waals surface area contributed by atoms with Crippen molar-refractivity contribution in [3.63, 3.8) is 0 Å². The highest BCUT2D eigenvalue weighted by atomic mass is 32.2. The molecule has 84 valence electrons. The van der Waals surface area contributed by atoms with Gasteiger partial charge in [0.25, 0.3) is 5.22 Å². The largest absolute Gasteiger partial charge is 0.414 e. The highest BCUT2D eigenvalue weighted by molar-refractivity contribution is 7.99. The fourth-order valence-electron chi connectivity index (χ4n) is 1.62. The number of hydrogen-bond donors (Lipinski definition) is 1. The van der Waals surface area contributed by atoms with E-state index in [-0.39, 0.29) is 6.04 Å². The van der Waals surface area contributed by atoms with E-state index in [1.165, 1.54) is 19.3 Å². The summed E-state index contributed by atoms with van der Waals surface area (Å²) in [6.07, 6.45) is 4.72. The van der Waals surface area contributed by atoms with Gasteiger partial charge in [-0.1, -0.05) is 25.1 Å². The van der Waals surface area contributed by atoms with Crippen LogP contribution < -0.4 is 5.32 Å². The van der Waals surface area contributed by atoms with Gasteiger partial charge in [0.15, 0.2) is 0 Å². The molecule has 1 atom stereocenters. The van der Waals surface area contributed by atoms with Crippen LogP contribution >= 0.6 is 11.8 Å². The van der Waals surface area contributed by atoms with E-state index in [0.29, 0.717) is 5.22 Å². The van der Waals surface area contributed by atoms with Gasteiger partial charge in [0.05, 0.1) is 6.04 Å². The molecule has 1 fully saturated rings. The number of rotatable bonds is 5. The fraction of sp³-hybridized carbons (Fsp3) is 0.800. The molecule has 4 nitrogen and oxygen atoms in total. The van der Waals surface area contributed by atoms with Gasteiger partial charge in [0.2, 0.25) is 5.89 Å². The molecule has 1 aliphatic heterocycles. The number of nitrogens with zero attached hydrogens (tertiary/aromatic N) is 2. The lowest BCUT2D eigenvalue weighted by atomic mass is 10.2. The molecular formula is C10H17N3OS. The number of nitrogens with one attached hydrogen (secondary N) is 1. The van der Waals surface area contributed by atoms with Crippen molar-refractivity contribution in [2.75, 3.05) is 12.3 Å². The van der Waals surface area contributed by atoms with Crippen LogP contribution in [0.5, 0.6) is 0 Å². The molecule has 0 aromatic carbocycles. The summed E-state index contributed by atoms with van der Waals surface area (Å²) in [7, 11) is 0. The normalized spacial score (nSPS) is 21.0. The zero-order valence-electron chi connectivity index (χ0n) is 9.03. The Morgan fingerprint density at radius 1 is 1.53 bits per heavy atom. The molecule has 0 aliphatic carbocycles. The number of aromatic nitrogens is 2. The summed E-state index contributed by atoms with van der Waals surface area (Å²) in [5.74, 6) is 1.82. The lowest BCUT2D eigenvalue weighted by Crippen LogP contribution is -2.12. The van der Waals surface area contributed by atoms with Crippen molar-refractivity contribution in [2.24, 2.45) is 0 Å². The first-order chi connectivity index (χ1) is 7.40. The van der Waals surface area contributed by atoms with Gasteiger partial charge in [0, 0.05) is 5.75 Å². The molecule has 15 heavy (non-hydrogen) atoms. The Hall–Kier alpha value is -0.550. The van der Waals surface area contributed by atoms with E-state index >= 15 is 0 Å². The fourth-order valence-corrected chi connectivity index (χ4v) is 2.47. The third-order valence-electron chi connectivity index (χ3n) is 2.50. The molecule has 1 saturated heterocycles. The van der Waals surface area contributed by atoms with Crippen LogP contribution in [0.2, 0.25) is 0 Å². The Bertz CT molecular complexity index is 297. The predicted octanol–water partition coefficient (Wildman–Crippen LogP) is 2.39. The zero-order chi connectivity index (χ0) is 10.5. The Labute approximate surface area is 94.2 Å². The molecule has 0 saturated carbocycles. The van der Waals surface area contributed by atoms with Crippen LogP contribution in [0.15, 0.2) is 9.64 Å². The first-order valence-corrected chi connectivity index (χ1v) is 6.58. The monoisotopic (exact) mass is 227 g/mol. The minimum atomic E-state index is 0.290. The van der Waals surface area contributed by atoms with Crippen LogP contribution in [0.1, 0.15) is 44.5 Å². The maximum absolute atomic E-state index is 5.59. The highest BCUT2D eigenvalue weighted by Gasteiger charge is 2.21. The molecule has 2 heterocycles. The maximum atomic E-state index is 5.59. The van der Waals surface area contributed by atoms with Gasteiger partial charge in [-0.3, -0.25) is 0 Å². The Balaban J connectivity index is 1.86. The number of thioether (sulfide) groups is 1. The quantitative estimate of drug-likeness (QED) is 0.618. The Morgan fingerprint density at radius 3 is 3.20 bits per heavy atom. The van der Waals surface area contributed by atoms with Crippen LogP contribution in [0.3, 0.4) is 0 Å². The van der Waals surface area contributed by atoms with Crippen molar-refractivity contribution in [1.82, 2.24) is 15.5 Å². The van der Waals surface area contributed by atoms with Crippen molar-refractivity contribution >= 4 is 11.8 Å². The second-order valence-corrected chi connectivity index (χ2v) is 4.80. The average Bonchev–Trinajstić information content (AvgIpc) is 2.87. The summed E-state index contributed by atoms with van der Waals surface area (Å²) in [5, 5.41) is 12.2. The Kier molecular flexibility index (Phi) is 4.02. The lowest BCUT2D eigenvalue weighted by molar-refractivity contribution is 0.374. The predicted molar refractivity (Wildman–Crippen MR) is 59.9 cm³/mol. The minimum Gasteiger partial charge on any atom is -0.414 e. The third kappa shape index (κ3) is 2.95. The van der Waals surface area contributed by atoms with Gasteiger partial charge in [-0.05, 0) is 25.8 Å². The van der Waals surface area contributed by atoms with Gasteiger partial charge < -0.3 is 9.73 Å². The molecular weight excluding hydrogens is 210 g/mol. The molecule has 0 radical (unpaired) electrons. The SMILES string of the molecule is CCCCSc1nnc([C@H]2CCCN2)o1. The smallest absolute Gasteiger partial charge is 0.276 e. The average molecular weight is 227 g/mol. The maximum Gasteiger partial charge on any atom is 0.276 e. The van der Waals surface area contributed by atoms with E-state index in [2.05, 4.69) is 22.4 Å². The molecule has 1 N–H and O–H groups in total. The standard InChI is InChI=1S/C10H17N3OS/c1-2-3-7-15-10-13-12-9(14-10)8-5-4-6-11-8/h8,11H,2-7H2,1H3/t8-/m1/s1. The zero-order valence-corrected chi connectivity index (χ0v) is 9.85. The van der Waals surface area contributed by atoms with Gasteiger partial charge in [-0.15, -0.1) is 10.2 Å². The van der Waals surface area contributed by atoms with E-state index in [1.54, 1.807) is 11.8 Å². The number of unbranched alkanes of at least 4 members (excludes halogenated alkanes) is 1. The van der Waals surface area contributed by atoms with Crippen LogP contribution in [0, 0.1) is 0 Å². The molecule has 0 unspecified atom stereocenters. The molecule has 2 rings (SSSR count). The summed E-state index contributed by atoms with van der Waals surface area (Å²) in [6, 6.07) is 0.290. The van der Waals surface area contributed by atoms with E-state index in [4.69, 9.17) is 4.42 Å². The van der Waals surface area contributed by atoms with E-state index in [0.717, 1.165) is 24.6 Å². The molecule has 1 aromatic rings. The van der Waals surface area contributed by atoms with E-state index in [1.807, 2.05) is 0 Å². The van der Waals surface area contributed by atoms with Crippen molar-refractivity contribution in [1.29, 1.82) is 0 Å². The molecule has 0 spiro atoms. The van der Waals surface area contributed by atoms with E-state index in [9.17, 15) is 0 Å². The summed E-state index contributed by atoms with van der Waals surface area (Å²) in [5.41, 5.74) is 0.